The van der Waals surface area contributed by atoms with Crippen molar-refractivity contribution in [3.05, 3.63) is 53.1 Å². The van der Waals surface area contributed by atoms with Gasteiger partial charge in [0.25, 0.3) is 0 Å². The average molecular weight is 234 g/mol. The number of carboxylic acid groups (broad SMARTS) is 1. The summed E-state index contributed by atoms with van der Waals surface area (Å²) in [6, 6.07) is 7.64. The van der Waals surface area contributed by atoms with Crippen LogP contribution < -0.4 is 0 Å². The highest BCUT2D eigenvalue weighted by Crippen LogP contribution is 2.09. The van der Waals surface area contributed by atoms with Gasteiger partial charge in [0.15, 0.2) is 5.69 Å². The minimum atomic E-state index is -1.06. The molecule has 0 fully saturated rings. The van der Waals surface area contributed by atoms with Crippen LogP contribution in [0, 0.1) is 12.7 Å². The Balaban J connectivity index is 2.27. The molecule has 17 heavy (non-hydrogen) atoms. The fourth-order valence-electron chi connectivity index (χ4n) is 1.58. The molecule has 1 heterocycles. The predicted octanol–water partition coefficient (Wildman–Crippen LogP) is 2.08. The molecular formula is C12H11FN2O2. The highest BCUT2D eigenvalue weighted by molar-refractivity contribution is 5.85. The Labute approximate surface area is 97.3 Å². The first-order chi connectivity index (χ1) is 8.06. The van der Waals surface area contributed by atoms with Crippen LogP contribution in [-0.4, -0.2) is 20.9 Å². The van der Waals surface area contributed by atoms with Crippen LogP contribution in [-0.2, 0) is 6.54 Å². The van der Waals surface area contributed by atoms with Crippen molar-refractivity contribution in [3.63, 3.8) is 0 Å². The topological polar surface area (TPSA) is 55.1 Å². The molecule has 0 unspecified atom stereocenters. The Morgan fingerprint density at radius 3 is 2.82 bits per heavy atom. The maximum Gasteiger partial charge on any atom is 0.356 e. The third-order valence-corrected chi connectivity index (χ3v) is 2.42. The molecule has 0 amide bonds. The van der Waals surface area contributed by atoms with Crippen LogP contribution >= 0.6 is 0 Å². The zero-order valence-corrected chi connectivity index (χ0v) is 9.22. The van der Waals surface area contributed by atoms with E-state index in [1.165, 1.54) is 22.9 Å². The molecular weight excluding hydrogens is 223 g/mol. The van der Waals surface area contributed by atoms with Crippen molar-refractivity contribution in [2.75, 3.05) is 0 Å². The lowest BCUT2D eigenvalue weighted by molar-refractivity contribution is 0.0689. The highest BCUT2D eigenvalue weighted by Gasteiger charge is 2.10. The molecule has 2 rings (SSSR count). The van der Waals surface area contributed by atoms with E-state index in [-0.39, 0.29) is 11.5 Å². The Hall–Kier alpha value is -2.17. The zero-order chi connectivity index (χ0) is 12.4. The van der Waals surface area contributed by atoms with Gasteiger partial charge in [-0.15, -0.1) is 0 Å². The van der Waals surface area contributed by atoms with Crippen molar-refractivity contribution in [2.45, 2.75) is 13.5 Å². The molecule has 1 aromatic heterocycles. The molecule has 0 aliphatic rings. The Morgan fingerprint density at radius 1 is 1.47 bits per heavy atom. The Bertz CT molecular complexity index is 563. The first-order valence-corrected chi connectivity index (χ1v) is 5.08. The van der Waals surface area contributed by atoms with Gasteiger partial charge < -0.3 is 5.11 Å². The molecule has 0 aliphatic heterocycles. The van der Waals surface area contributed by atoms with E-state index in [1.807, 2.05) is 0 Å². The average Bonchev–Trinajstić information content (AvgIpc) is 2.61. The van der Waals surface area contributed by atoms with E-state index in [1.54, 1.807) is 19.1 Å². The summed E-state index contributed by atoms with van der Waals surface area (Å²) in [7, 11) is 0. The van der Waals surface area contributed by atoms with E-state index in [4.69, 9.17) is 5.11 Å². The minimum Gasteiger partial charge on any atom is -0.476 e. The van der Waals surface area contributed by atoms with Crippen molar-refractivity contribution in [1.82, 2.24) is 9.78 Å². The van der Waals surface area contributed by atoms with E-state index in [9.17, 15) is 9.18 Å². The molecule has 0 aliphatic carbocycles. The predicted molar refractivity (Wildman–Crippen MR) is 59.4 cm³/mol. The second kappa shape index (κ2) is 4.37. The smallest absolute Gasteiger partial charge is 0.356 e. The largest absolute Gasteiger partial charge is 0.476 e. The number of nitrogens with zero attached hydrogens (tertiary/aromatic N) is 2. The number of halogens is 1. The molecule has 88 valence electrons. The lowest BCUT2D eigenvalue weighted by atomic mass is 10.2. The molecule has 0 saturated heterocycles. The summed E-state index contributed by atoms with van der Waals surface area (Å²) < 4.78 is 14.5. The van der Waals surface area contributed by atoms with Gasteiger partial charge >= 0.3 is 5.97 Å². The first-order valence-electron chi connectivity index (χ1n) is 5.08. The van der Waals surface area contributed by atoms with Crippen molar-refractivity contribution < 1.29 is 14.3 Å². The molecule has 0 radical (unpaired) electrons. The van der Waals surface area contributed by atoms with Crippen molar-refractivity contribution in [3.8, 4) is 0 Å². The summed E-state index contributed by atoms with van der Waals surface area (Å²) in [6.07, 6.45) is 0. The van der Waals surface area contributed by atoms with Crippen molar-refractivity contribution >= 4 is 5.97 Å². The van der Waals surface area contributed by atoms with Gasteiger partial charge in [0.05, 0.1) is 6.54 Å². The number of aromatic nitrogens is 2. The van der Waals surface area contributed by atoms with Crippen LogP contribution in [0.5, 0.6) is 0 Å². The summed E-state index contributed by atoms with van der Waals surface area (Å²) in [5.41, 5.74) is 1.47. The number of carbonyl (C=O) groups is 1. The van der Waals surface area contributed by atoms with Crippen LogP contribution in [0.3, 0.4) is 0 Å². The number of aryl methyl sites for hydroxylation is 1. The van der Waals surface area contributed by atoms with Crippen LogP contribution in [0.1, 0.15) is 21.7 Å². The minimum absolute atomic E-state index is 0.00102. The van der Waals surface area contributed by atoms with Crippen LogP contribution in [0.2, 0.25) is 0 Å². The molecule has 5 heteroatoms. The number of aromatic carboxylic acids is 1. The SMILES string of the molecule is Cc1cc(C(=O)O)nn1Cc1cccc(F)c1. The number of rotatable bonds is 3. The summed E-state index contributed by atoms with van der Waals surface area (Å²) in [4.78, 5) is 10.7. The normalized spacial score (nSPS) is 10.5. The summed E-state index contributed by atoms with van der Waals surface area (Å²) in [6.45, 7) is 2.12. The second-order valence-electron chi connectivity index (χ2n) is 3.76. The molecule has 0 saturated carbocycles. The molecule has 0 spiro atoms. The highest BCUT2D eigenvalue weighted by atomic mass is 19.1. The van der Waals surface area contributed by atoms with Gasteiger partial charge in [0.2, 0.25) is 0 Å². The third kappa shape index (κ3) is 2.50. The first kappa shape index (κ1) is 11.3. The molecule has 0 bridgehead atoms. The zero-order valence-electron chi connectivity index (χ0n) is 9.22. The van der Waals surface area contributed by atoms with Gasteiger partial charge in [-0.05, 0) is 30.7 Å². The van der Waals surface area contributed by atoms with Gasteiger partial charge in [-0.2, -0.15) is 5.10 Å². The molecule has 0 atom stereocenters. The van der Waals surface area contributed by atoms with Crippen LogP contribution in [0.15, 0.2) is 30.3 Å². The van der Waals surface area contributed by atoms with Crippen molar-refractivity contribution in [1.29, 1.82) is 0 Å². The monoisotopic (exact) mass is 234 g/mol. The maximum absolute atomic E-state index is 13.0. The second-order valence-corrected chi connectivity index (χ2v) is 3.76. The van der Waals surface area contributed by atoms with E-state index in [0.717, 1.165) is 11.3 Å². The summed E-state index contributed by atoms with van der Waals surface area (Å²) in [5.74, 6) is -1.38. The van der Waals surface area contributed by atoms with Gasteiger partial charge in [-0.3, -0.25) is 4.68 Å². The van der Waals surface area contributed by atoms with Gasteiger partial charge in [-0.1, -0.05) is 12.1 Å². The van der Waals surface area contributed by atoms with E-state index < -0.39 is 5.97 Å². The van der Waals surface area contributed by atoms with Gasteiger partial charge in [-0.25, -0.2) is 9.18 Å². The quantitative estimate of drug-likeness (QED) is 0.884. The van der Waals surface area contributed by atoms with Gasteiger partial charge in [0, 0.05) is 5.69 Å². The molecule has 1 N–H and O–H groups in total. The standard InChI is InChI=1S/C12H11FN2O2/c1-8-5-11(12(16)17)14-15(8)7-9-3-2-4-10(13)6-9/h2-6H,7H2,1H3,(H,16,17). The molecule has 4 nitrogen and oxygen atoms in total. The molecule has 2 aromatic rings. The maximum atomic E-state index is 13.0. The third-order valence-electron chi connectivity index (χ3n) is 2.42. The van der Waals surface area contributed by atoms with E-state index in [2.05, 4.69) is 5.10 Å². The number of carboxylic acids is 1. The number of hydrogen-bond acceptors (Lipinski definition) is 2. The fraction of sp³-hybridized carbons (Fsp3) is 0.167. The van der Waals surface area contributed by atoms with Crippen LogP contribution in [0.25, 0.3) is 0 Å². The van der Waals surface area contributed by atoms with Crippen molar-refractivity contribution in [2.24, 2.45) is 0 Å². The Kier molecular flexibility index (Phi) is 2.91. The number of benzene rings is 1. The number of hydrogen-bond donors (Lipinski definition) is 1. The van der Waals surface area contributed by atoms with E-state index in [0.29, 0.717) is 6.54 Å². The summed E-state index contributed by atoms with van der Waals surface area (Å²) in [5, 5.41) is 12.7. The van der Waals surface area contributed by atoms with E-state index >= 15 is 0 Å². The fourth-order valence-corrected chi connectivity index (χ4v) is 1.58. The molecule has 1 aromatic carbocycles. The lowest BCUT2D eigenvalue weighted by Gasteiger charge is -2.04. The lowest BCUT2D eigenvalue weighted by Crippen LogP contribution is -2.06. The van der Waals surface area contributed by atoms with Gasteiger partial charge in [0.1, 0.15) is 5.82 Å². The Morgan fingerprint density at radius 2 is 2.24 bits per heavy atom. The summed E-state index contributed by atoms with van der Waals surface area (Å²) >= 11 is 0. The van der Waals surface area contributed by atoms with Crippen LogP contribution in [0.4, 0.5) is 4.39 Å².